The molecule has 1 fully saturated rings. The Morgan fingerprint density at radius 3 is 2.02 bits per heavy atom. The topological polar surface area (TPSA) is 100 Å². The van der Waals surface area contributed by atoms with Crippen molar-refractivity contribution >= 4 is 24.2 Å². The number of unbranched alkanes of at least 4 members (excludes halogenated alkanes) is 1. The molecule has 1 saturated heterocycles. The number of ether oxygens (including phenoxy) is 2. The number of aromatic nitrogens is 2. The molecule has 2 unspecified atom stereocenters. The third-order valence-corrected chi connectivity index (χ3v) is 8.95. The Morgan fingerprint density at radius 1 is 0.939 bits per heavy atom. The molecule has 49 heavy (non-hydrogen) atoms. The number of halogens is 6. The van der Waals surface area contributed by atoms with Crippen LogP contribution in [0.1, 0.15) is 87.0 Å². The summed E-state index contributed by atoms with van der Waals surface area (Å²) in [6, 6.07) is 0.439. The van der Waals surface area contributed by atoms with E-state index in [9.17, 15) is 35.9 Å². The zero-order valence-corrected chi connectivity index (χ0v) is 27.9. The Morgan fingerprint density at radius 2 is 1.53 bits per heavy atom. The average molecular weight is 701 g/mol. The van der Waals surface area contributed by atoms with Gasteiger partial charge in [-0.1, -0.05) is 13.8 Å². The van der Waals surface area contributed by atoms with Crippen LogP contribution in [0, 0.1) is 0 Å². The van der Waals surface area contributed by atoms with Gasteiger partial charge in [0.05, 0.1) is 24.8 Å². The fourth-order valence-corrected chi connectivity index (χ4v) is 6.34. The van der Waals surface area contributed by atoms with Crippen LogP contribution in [0.4, 0.5) is 37.1 Å². The maximum atomic E-state index is 13.8. The Hall–Kier alpha value is -4.11. The molecule has 270 valence electrons. The van der Waals surface area contributed by atoms with E-state index in [-0.39, 0.29) is 61.1 Å². The van der Waals surface area contributed by atoms with Crippen LogP contribution >= 0.6 is 0 Å². The highest BCUT2D eigenvalue weighted by molar-refractivity contribution is 5.70. The molecule has 16 heteroatoms. The number of alkyl halides is 6. The second-order valence-electron chi connectivity index (χ2n) is 12.4. The molecule has 1 aromatic carbocycles. The summed E-state index contributed by atoms with van der Waals surface area (Å²) < 4.78 is 92.9. The van der Waals surface area contributed by atoms with Gasteiger partial charge in [-0.2, -0.15) is 31.4 Å². The van der Waals surface area contributed by atoms with Crippen molar-refractivity contribution in [3.05, 3.63) is 52.8 Å². The number of likely N-dealkylation sites (tertiary alicyclic amines) is 1. The van der Waals surface area contributed by atoms with Crippen molar-refractivity contribution in [2.45, 2.75) is 102 Å². The number of methoxy groups -OCH3 is 1. The van der Waals surface area contributed by atoms with Crippen LogP contribution in [-0.4, -0.2) is 83.6 Å². The van der Waals surface area contributed by atoms with Crippen molar-refractivity contribution in [2.75, 3.05) is 32.2 Å². The number of anilines is 1. The molecule has 0 saturated carbocycles. The number of rotatable bonds is 12. The van der Waals surface area contributed by atoms with E-state index in [1.165, 1.54) is 7.11 Å². The predicted octanol–water partition coefficient (Wildman–Crippen LogP) is 7.04. The summed E-state index contributed by atoms with van der Waals surface area (Å²) in [6.45, 7) is 4.17. The van der Waals surface area contributed by atoms with E-state index in [0.717, 1.165) is 17.7 Å². The van der Waals surface area contributed by atoms with Crippen LogP contribution in [0.3, 0.4) is 0 Å². The molecule has 0 spiro atoms. The molecule has 0 aliphatic carbocycles. The molecule has 4 atom stereocenters. The minimum absolute atomic E-state index is 0.0750. The fraction of sp³-hybridized carbons (Fsp3) is 0.606. The summed E-state index contributed by atoms with van der Waals surface area (Å²) in [5.74, 6) is -0.281. The van der Waals surface area contributed by atoms with E-state index >= 15 is 0 Å². The van der Waals surface area contributed by atoms with Gasteiger partial charge in [0.15, 0.2) is 0 Å². The van der Waals surface area contributed by atoms with Gasteiger partial charge in [0.25, 0.3) is 0 Å². The van der Waals surface area contributed by atoms with E-state index in [1.54, 1.807) is 33.4 Å². The highest BCUT2D eigenvalue weighted by atomic mass is 19.4. The van der Waals surface area contributed by atoms with Crippen LogP contribution in [-0.2, 0) is 33.2 Å². The predicted molar refractivity (Wildman–Crippen MR) is 169 cm³/mol. The molecule has 10 nitrogen and oxygen atoms in total. The van der Waals surface area contributed by atoms with Crippen molar-refractivity contribution in [2.24, 2.45) is 5.10 Å². The van der Waals surface area contributed by atoms with Crippen LogP contribution in [0.2, 0.25) is 0 Å². The molecule has 0 radical (unpaired) electrons. The summed E-state index contributed by atoms with van der Waals surface area (Å²) >= 11 is 0. The molecular weight excluding hydrogens is 658 g/mol. The van der Waals surface area contributed by atoms with Crippen LogP contribution in [0.25, 0.3) is 0 Å². The van der Waals surface area contributed by atoms with E-state index in [1.807, 2.05) is 20.9 Å². The summed E-state index contributed by atoms with van der Waals surface area (Å²) in [6.07, 6.45) is -2.67. The lowest BCUT2D eigenvalue weighted by Crippen LogP contribution is -2.57. The minimum Gasteiger partial charge on any atom is -0.469 e. The number of carbonyl (C=O) groups excluding carboxylic acids is 2. The summed E-state index contributed by atoms with van der Waals surface area (Å²) in [5.41, 5.74) is -2.24. The van der Waals surface area contributed by atoms with Gasteiger partial charge < -0.3 is 19.3 Å². The average Bonchev–Trinajstić information content (AvgIpc) is 3.51. The highest BCUT2D eigenvalue weighted by Gasteiger charge is 2.41. The Bertz CT molecular complexity index is 1410. The van der Waals surface area contributed by atoms with Crippen LogP contribution < -0.4 is 4.90 Å². The first-order chi connectivity index (χ1) is 23.1. The number of amides is 1. The van der Waals surface area contributed by atoms with Crippen molar-refractivity contribution in [3.8, 4) is 0 Å². The first-order valence-electron chi connectivity index (χ1n) is 16.3. The molecule has 2 aliphatic rings. The molecule has 2 aromatic rings. The monoisotopic (exact) mass is 700 g/mol. The molecule has 1 aromatic heterocycles. The van der Waals surface area contributed by atoms with Crippen molar-refractivity contribution in [3.63, 3.8) is 0 Å². The van der Waals surface area contributed by atoms with Gasteiger partial charge >= 0.3 is 24.4 Å². The number of esters is 1. The quantitative estimate of drug-likeness (QED) is 0.132. The van der Waals surface area contributed by atoms with E-state index in [2.05, 4.69) is 19.8 Å². The number of carbonyl (C=O) groups is 2. The number of hydrogen-bond acceptors (Lipinski definition) is 9. The van der Waals surface area contributed by atoms with Gasteiger partial charge in [0.1, 0.15) is 0 Å². The fourth-order valence-electron chi connectivity index (χ4n) is 6.34. The van der Waals surface area contributed by atoms with Crippen LogP contribution in [0.5, 0.6) is 0 Å². The Balaban J connectivity index is 1.64. The second kappa shape index (κ2) is 16.1. The number of likely N-dealkylation sites (N-methyl/N-ethyl adjacent to an activating group) is 1. The Kier molecular flexibility index (Phi) is 12.4. The summed E-state index contributed by atoms with van der Waals surface area (Å²) in [7, 11) is 3.12. The van der Waals surface area contributed by atoms with E-state index in [0.29, 0.717) is 45.1 Å². The van der Waals surface area contributed by atoms with Crippen molar-refractivity contribution in [1.29, 1.82) is 0 Å². The number of nitrogens with zero attached hydrogens (tertiary/aromatic N) is 6. The summed E-state index contributed by atoms with van der Waals surface area (Å²) in [5, 5.41) is 5.99. The minimum atomic E-state index is -5.00. The first kappa shape index (κ1) is 37.7. The maximum Gasteiger partial charge on any atom is 0.416 e. The third kappa shape index (κ3) is 9.75. The first-order valence-corrected chi connectivity index (χ1v) is 16.3. The standard InChI is InChI=1S/C33H42F6N6O4/c1-5-26-14-28(15-27(6-2)45(26)31(47)49-10-8-7-9-29(46)48-4)44(30-40-16-22(17-41-30)23-18-42-43(3)20-23)19-21-11-24(32(34,35)36)13-25(12-21)33(37,38)39/h11-13,16-18,23,26-28H,5-10,14-15,19-20H2,1-4H3/t23?,26-,27+,28?. The Labute approximate surface area is 281 Å². The third-order valence-electron chi connectivity index (χ3n) is 8.95. The lowest BCUT2D eigenvalue weighted by Gasteiger charge is -2.47. The zero-order valence-electron chi connectivity index (χ0n) is 27.9. The maximum absolute atomic E-state index is 13.8. The van der Waals surface area contributed by atoms with Crippen LogP contribution in [0.15, 0.2) is 35.7 Å². The molecule has 3 heterocycles. The molecular formula is C33H42F6N6O4. The molecule has 0 N–H and O–H groups in total. The second-order valence-corrected chi connectivity index (χ2v) is 12.4. The lowest BCUT2D eigenvalue weighted by atomic mass is 9.87. The van der Waals surface area contributed by atoms with Gasteiger partial charge in [-0.25, -0.2) is 14.8 Å². The van der Waals surface area contributed by atoms with E-state index < -0.39 is 35.6 Å². The number of hydrazone groups is 1. The zero-order chi connectivity index (χ0) is 35.9. The molecule has 2 aliphatic heterocycles. The normalized spacial score (nSPS) is 21.2. The van der Waals surface area contributed by atoms with Gasteiger partial charge in [0.2, 0.25) is 5.95 Å². The highest BCUT2D eigenvalue weighted by Crippen LogP contribution is 2.38. The molecule has 4 rings (SSSR count). The summed E-state index contributed by atoms with van der Waals surface area (Å²) in [4.78, 5) is 37.1. The SMILES string of the molecule is CC[C@@H]1CC(N(Cc2cc(C(F)(F)F)cc(C(F)(F)F)c2)c2ncc(C3C=NN(C)C3)cn2)C[C@H](CC)N1C(=O)OCCCCC(=O)OC. The lowest BCUT2D eigenvalue weighted by molar-refractivity contribution is -0.143. The van der Waals surface area contributed by atoms with E-state index in [4.69, 9.17) is 4.74 Å². The smallest absolute Gasteiger partial charge is 0.416 e. The van der Waals surface area contributed by atoms with Gasteiger partial charge in [-0.15, -0.1) is 0 Å². The number of hydrogen-bond donors (Lipinski definition) is 0. The van der Waals surface area contributed by atoms with Gasteiger partial charge in [0, 0.05) is 69.2 Å². The van der Waals surface area contributed by atoms with Crippen molar-refractivity contribution in [1.82, 2.24) is 19.9 Å². The van der Waals surface area contributed by atoms with Crippen molar-refractivity contribution < 1.29 is 45.4 Å². The number of piperidine rings is 1. The number of benzene rings is 1. The largest absolute Gasteiger partial charge is 0.469 e. The van der Waals surface area contributed by atoms with Gasteiger partial charge in [-0.05, 0) is 67.9 Å². The van der Waals surface area contributed by atoms with Gasteiger partial charge in [-0.3, -0.25) is 9.80 Å². The molecule has 0 bridgehead atoms. The molecule has 1 amide bonds.